The molecule has 0 bridgehead atoms. The van der Waals surface area contributed by atoms with Crippen LogP contribution in [-0.2, 0) is 6.54 Å². The number of hydrogen-bond donors (Lipinski definition) is 1. The fourth-order valence-corrected chi connectivity index (χ4v) is 4.81. The van der Waals surface area contributed by atoms with E-state index in [9.17, 15) is 13.6 Å². The highest BCUT2D eigenvalue weighted by Gasteiger charge is 2.34. The van der Waals surface area contributed by atoms with Gasteiger partial charge in [0.25, 0.3) is 5.91 Å². The Balaban J connectivity index is 1.85. The lowest BCUT2D eigenvalue weighted by Gasteiger charge is -2.34. The molecule has 1 aromatic heterocycles. The molecule has 0 radical (unpaired) electrons. The van der Waals surface area contributed by atoms with Crippen molar-refractivity contribution in [2.24, 2.45) is 11.7 Å². The van der Waals surface area contributed by atoms with E-state index in [4.69, 9.17) is 27.4 Å². The molecule has 0 saturated carbocycles. The molecule has 0 saturated heterocycles. The number of aryl methyl sites for hydroxylation is 1. The Bertz CT molecular complexity index is 1430. The summed E-state index contributed by atoms with van der Waals surface area (Å²) in [7, 11) is 0. The summed E-state index contributed by atoms with van der Waals surface area (Å²) in [5.74, 6) is -0.195. The SMILES string of the molecule is Cc1ccc(C(=O)N(CCC(N)CF)[C@@H](c2nc(-c3cc(Cl)ccc3F)nn2Cc2ccccc2)C(C)C)cc1. The summed E-state index contributed by atoms with van der Waals surface area (Å²) in [6, 6.07) is 20.0. The van der Waals surface area contributed by atoms with E-state index >= 15 is 0 Å². The number of halogens is 3. The normalized spacial score (nSPS) is 12.9. The molecule has 2 N–H and O–H groups in total. The third kappa shape index (κ3) is 6.92. The second-order valence-corrected chi connectivity index (χ2v) is 10.8. The largest absolute Gasteiger partial charge is 0.328 e. The lowest BCUT2D eigenvalue weighted by Crippen LogP contribution is -2.41. The zero-order valence-corrected chi connectivity index (χ0v) is 23.7. The van der Waals surface area contributed by atoms with Crippen LogP contribution in [0.1, 0.15) is 53.6 Å². The maximum Gasteiger partial charge on any atom is 0.254 e. The van der Waals surface area contributed by atoms with Crippen molar-refractivity contribution in [3.63, 3.8) is 0 Å². The lowest BCUT2D eigenvalue weighted by atomic mass is 9.99. The first-order valence-corrected chi connectivity index (χ1v) is 13.7. The second kappa shape index (κ2) is 13.2. The Kier molecular flexibility index (Phi) is 9.66. The number of rotatable bonds is 11. The monoisotopic (exact) mass is 565 g/mol. The van der Waals surface area contributed by atoms with E-state index in [1.165, 1.54) is 18.2 Å². The Labute approximate surface area is 238 Å². The number of hydrogen-bond acceptors (Lipinski definition) is 4. The van der Waals surface area contributed by atoms with E-state index in [0.29, 0.717) is 23.0 Å². The highest BCUT2D eigenvalue weighted by Crippen LogP contribution is 2.33. The highest BCUT2D eigenvalue weighted by atomic mass is 35.5. The van der Waals surface area contributed by atoms with Crippen LogP contribution in [0.15, 0.2) is 72.8 Å². The molecule has 4 aromatic rings. The van der Waals surface area contributed by atoms with E-state index in [1.807, 2.05) is 63.2 Å². The molecule has 1 unspecified atom stereocenters. The topological polar surface area (TPSA) is 77.0 Å². The van der Waals surface area contributed by atoms with E-state index in [0.717, 1.165) is 11.1 Å². The fraction of sp³-hybridized carbons (Fsp3) is 0.323. The van der Waals surface area contributed by atoms with Crippen molar-refractivity contribution in [1.82, 2.24) is 19.7 Å². The quantitative estimate of drug-likeness (QED) is 0.222. The van der Waals surface area contributed by atoms with Crippen LogP contribution in [-0.4, -0.2) is 44.8 Å². The molecule has 0 aliphatic rings. The number of benzene rings is 3. The number of nitrogens with two attached hydrogens (primary N) is 1. The van der Waals surface area contributed by atoms with Crippen molar-refractivity contribution in [1.29, 1.82) is 0 Å². The summed E-state index contributed by atoms with van der Waals surface area (Å²) in [5.41, 5.74) is 8.59. The molecule has 0 aliphatic heterocycles. The van der Waals surface area contributed by atoms with E-state index in [1.54, 1.807) is 21.7 Å². The zero-order valence-electron chi connectivity index (χ0n) is 22.9. The van der Waals surface area contributed by atoms with Crippen LogP contribution in [0.3, 0.4) is 0 Å². The summed E-state index contributed by atoms with van der Waals surface area (Å²) in [6.07, 6.45) is 0.264. The molecule has 210 valence electrons. The van der Waals surface area contributed by atoms with Crippen LogP contribution in [0.25, 0.3) is 11.4 Å². The lowest BCUT2D eigenvalue weighted by molar-refractivity contribution is 0.0594. The second-order valence-electron chi connectivity index (χ2n) is 10.3. The number of nitrogens with zero attached hydrogens (tertiary/aromatic N) is 4. The molecule has 6 nitrogen and oxygen atoms in total. The van der Waals surface area contributed by atoms with Gasteiger partial charge in [-0.25, -0.2) is 18.4 Å². The van der Waals surface area contributed by atoms with Gasteiger partial charge in [0.05, 0.1) is 18.2 Å². The smallest absolute Gasteiger partial charge is 0.254 e. The number of alkyl halides is 1. The third-order valence-electron chi connectivity index (χ3n) is 6.77. The van der Waals surface area contributed by atoms with Gasteiger partial charge in [-0.05, 0) is 55.2 Å². The molecule has 4 rings (SSSR count). The molecule has 0 spiro atoms. The fourth-order valence-electron chi connectivity index (χ4n) is 4.64. The van der Waals surface area contributed by atoms with Crippen molar-refractivity contribution in [2.75, 3.05) is 13.2 Å². The first-order chi connectivity index (χ1) is 19.2. The first kappa shape index (κ1) is 29.4. The Morgan fingerprint density at radius 3 is 2.42 bits per heavy atom. The summed E-state index contributed by atoms with van der Waals surface area (Å²) in [4.78, 5) is 20.5. The molecule has 2 atom stereocenters. The molecule has 9 heteroatoms. The predicted octanol–water partition coefficient (Wildman–Crippen LogP) is 6.62. The summed E-state index contributed by atoms with van der Waals surface area (Å²) >= 11 is 6.19. The molecule has 1 heterocycles. The number of carbonyl (C=O) groups excluding carboxylic acids is 1. The van der Waals surface area contributed by atoms with Gasteiger partial charge in [0.1, 0.15) is 12.5 Å². The Morgan fingerprint density at radius 2 is 1.77 bits per heavy atom. The third-order valence-corrected chi connectivity index (χ3v) is 7.01. The van der Waals surface area contributed by atoms with Crippen molar-refractivity contribution in [2.45, 2.75) is 45.8 Å². The van der Waals surface area contributed by atoms with Crippen molar-refractivity contribution < 1.29 is 13.6 Å². The Hall–Kier alpha value is -3.62. The van der Waals surface area contributed by atoms with Gasteiger partial charge in [-0.1, -0.05) is 73.5 Å². The minimum atomic E-state index is -0.709. The molecule has 1 amide bonds. The van der Waals surface area contributed by atoms with Crippen molar-refractivity contribution in [3.8, 4) is 11.4 Å². The van der Waals surface area contributed by atoms with Crippen LogP contribution in [0.4, 0.5) is 8.78 Å². The van der Waals surface area contributed by atoms with Gasteiger partial charge in [0.2, 0.25) is 0 Å². The van der Waals surface area contributed by atoms with Crippen LogP contribution < -0.4 is 5.73 Å². The van der Waals surface area contributed by atoms with Gasteiger partial charge in [0.15, 0.2) is 11.6 Å². The van der Waals surface area contributed by atoms with Crippen LogP contribution in [0.5, 0.6) is 0 Å². The molecule has 0 aliphatic carbocycles. The van der Waals surface area contributed by atoms with Gasteiger partial charge in [-0.2, -0.15) is 5.10 Å². The van der Waals surface area contributed by atoms with Gasteiger partial charge in [0, 0.05) is 23.2 Å². The van der Waals surface area contributed by atoms with Gasteiger partial charge in [-0.3, -0.25) is 4.79 Å². The summed E-state index contributed by atoms with van der Waals surface area (Å²) < 4.78 is 30.0. The van der Waals surface area contributed by atoms with Gasteiger partial charge < -0.3 is 10.6 Å². The van der Waals surface area contributed by atoms with Crippen LogP contribution >= 0.6 is 11.6 Å². The average Bonchev–Trinajstić information content (AvgIpc) is 3.34. The summed E-state index contributed by atoms with van der Waals surface area (Å²) in [5, 5.41) is 5.06. The highest BCUT2D eigenvalue weighted by molar-refractivity contribution is 6.30. The molecule has 3 aromatic carbocycles. The maximum absolute atomic E-state index is 14.9. The standard InChI is InChI=1S/C31H34ClF2N5O/c1-20(2)28(38(16-15-25(35)18-33)31(40)23-11-9-21(3)10-12-23)30-36-29(26-17-24(32)13-14-27(26)34)37-39(30)19-22-7-5-4-6-8-22/h4-14,17,20,25,28H,15-16,18-19,35H2,1-3H3/t25?,28-/m1/s1. The van der Waals surface area contributed by atoms with Crippen molar-refractivity contribution in [3.05, 3.63) is 106 Å². The molecular weight excluding hydrogens is 532 g/mol. The van der Waals surface area contributed by atoms with E-state index in [2.05, 4.69) is 0 Å². The van der Waals surface area contributed by atoms with Crippen molar-refractivity contribution >= 4 is 17.5 Å². The van der Waals surface area contributed by atoms with Crippen LogP contribution in [0.2, 0.25) is 5.02 Å². The minimum Gasteiger partial charge on any atom is -0.328 e. The molecule has 0 fully saturated rings. The van der Waals surface area contributed by atoms with Gasteiger partial charge >= 0.3 is 0 Å². The van der Waals surface area contributed by atoms with E-state index in [-0.39, 0.29) is 36.2 Å². The number of amides is 1. The predicted molar refractivity (Wildman–Crippen MR) is 154 cm³/mol. The Morgan fingerprint density at radius 1 is 1.07 bits per heavy atom. The molecule has 40 heavy (non-hydrogen) atoms. The molecular formula is C31H34ClF2N5O. The summed E-state index contributed by atoms with van der Waals surface area (Å²) in [6.45, 7) is 5.78. The first-order valence-electron chi connectivity index (χ1n) is 13.3. The number of aromatic nitrogens is 3. The maximum atomic E-state index is 14.9. The zero-order chi connectivity index (χ0) is 28.8. The average molecular weight is 566 g/mol. The van der Waals surface area contributed by atoms with E-state index < -0.39 is 24.6 Å². The minimum absolute atomic E-state index is 0.119. The number of carbonyl (C=O) groups is 1. The van der Waals surface area contributed by atoms with Crippen LogP contribution in [0, 0.1) is 18.7 Å². The van der Waals surface area contributed by atoms with Gasteiger partial charge in [-0.15, -0.1) is 0 Å².